The van der Waals surface area contributed by atoms with Crippen molar-refractivity contribution in [3.63, 3.8) is 0 Å². The predicted octanol–water partition coefficient (Wildman–Crippen LogP) is -0.945. The van der Waals surface area contributed by atoms with E-state index in [1.54, 1.807) is 0 Å². The zero-order valence-electron chi connectivity index (χ0n) is 13.6. The first-order valence-electron chi connectivity index (χ1n) is 8.08. The number of hydrogen-bond acceptors (Lipinski definition) is 4. The third-order valence-electron chi connectivity index (χ3n) is 5.07. The quantitative estimate of drug-likeness (QED) is 0.495. The van der Waals surface area contributed by atoms with Crippen LogP contribution in [0.5, 0.6) is 0 Å². The van der Waals surface area contributed by atoms with Crippen LogP contribution in [0.1, 0.15) is 18.4 Å². The largest absolute Gasteiger partial charge is 0.416 e. The van der Waals surface area contributed by atoms with Crippen LogP contribution in [0.2, 0.25) is 0 Å². The number of quaternary nitrogens is 1. The van der Waals surface area contributed by atoms with Crippen LogP contribution in [-0.2, 0) is 21.0 Å². The Morgan fingerprint density at radius 3 is 2.23 bits per heavy atom. The Morgan fingerprint density at radius 1 is 1.19 bits per heavy atom. The Bertz CT molecular complexity index is 789. The summed E-state index contributed by atoms with van der Waals surface area (Å²) >= 11 is 0. The highest BCUT2D eigenvalue weighted by molar-refractivity contribution is 7.89. The fourth-order valence-electron chi connectivity index (χ4n) is 3.58. The number of halogens is 3. The molecule has 3 fully saturated rings. The molecule has 144 valence electrons. The van der Waals surface area contributed by atoms with E-state index in [0.29, 0.717) is 25.0 Å². The van der Waals surface area contributed by atoms with E-state index in [1.165, 1.54) is 0 Å². The Balaban J connectivity index is 1.67. The number of aliphatic hydroxyl groups is 1. The van der Waals surface area contributed by atoms with Gasteiger partial charge >= 0.3 is 6.18 Å². The second kappa shape index (κ2) is 6.48. The molecule has 3 saturated heterocycles. The first kappa shape index (κ1) is 19.1. The lowest BCUT2D eigenvalue weighted by Crippen LogP contribution is -3.18. The molecule has 0 spiro atoms. The summed E-state index contributed by atoms with van der Waals surface area (Å²) in [5.74, 6) is -1.09. The molecule has 3 aliphatic heterocycles. The summed E-state index contributed by atoms with van der Waals surface area (Å²) in [5, 5.41) is 10.6. The Labute approximate surface area is 148 Å². The number of benzene rings is 1. The van der Waals surface area contributed by atoms with E-state index in [4.69, 9.17) is 0 Å². The molecule has 4 N–H and O–H groups in total. The van der Waals surface area contributed by atoms with E-state index in [1.807, 2.05) is 10.3 Å². The van der Waals surface area contributed by atoms with Gasteiger partial charge in [0.15, 0.2) is 5.60 Å². The fraction of sp³-hybridized carbons (Fsp3) is 0.533. The zero-order chi connectivity index (χ0) is 19.2. The van der Waals surface area contributed by atoms with Crippen molar-refractivity contribution in [2.75, 3.05) is 19.6 Å². The number of fused-ring (bicyclic) bond motifs is 3. The summed E-state index contributed by atoms with van der Waals surface area (Å²) in [4.78, 5) is 14.8. The van der Waals surface area contributed by atoms with E-state index in [9.17, 15) is 31.5 Å². The van der Waals surface area contributed by atoms with Gasteiger partial charge < -0.3 is 10.0 Å². The van der Waals surface area contributed by atoms with Gasteiger partial charge in [0, 0.05) is 18.8 Å². The molecule has 1 atom stereocenters. The maximum Gasteiger partial charge on any atom is 0.416 e. The number of carbonyl (C=O) groups excluding carboxylic acids is 1. The standard InChI is InChI=1S/C15H18F3N3O4S/c16-15(17,18)11-1-3-12(4-2-11)26(24,25)20-19-13(22)14(23)9-21-7-5-10(14)6-8-21/h1-4,10,20,23H,5-9H2,(H,19,22)/p+1/t14-/m1/s1. The van der Waals surface area contributed by atoms with Crippen LogP contribution < -0.4 is 15.2 Å². The van der Waals surface area contributed by atoms with E-state index in [0.717, 1.165) is 30.1 Å². The molecule has 0 saturated carbocycles. The maximum atomic E-state index is 12.5. The minimum atomic E-state index is -4.58. The van der Waals surface area contributed by atoms with Crippen LogP contribution in [0.15, 0.2) is 29.2 Å². The van der Waals surface area contributed by atoms with Crippen LogP contribution in [0, 0.1) is 5.92 Å². The lowest BCUT2D eigenvalue weighted by Gasteiger charge is -2.46. The Morgan fingerprint density at radius 2 is 1.77 bits per heavy atom. The number of alkyl halides is 3. The molecule has 0 aliphatic carbocycles. The molecule has 1 aromatic rings. The van der Waals surface area contributed by atoms with Crippen LogP contribution in [0.25, 0.3) is 0 Å². The van der Waals surface area contributed by atoms with E-state index in [-0.39, 0.29) is 12.5 Å². The van der Waals surface area contributed by atoms with Crippen molar-refractivity contribution in [1.29, 1.82) is 0 Å². The van der Waals surface area contributed by atoms with Crippen molar-refractivity contribution >= 4 is 15.9 Å². The van der Waals surface area contributed by atoms with Gasteiger partial charge in [0.2, 0.25) is 0 Å². The number of piperidine rings is 3. The van der Waals surface area contributed by atoms with Gasteiger partial charge in [-0.15, -0.1) is 4.83 Å². The van der Waals surface area contributed by atoms with Crippen molar-refractivity contribution in [3.05, 3.63) is 29.8 Å². The molecule has 1 amide bonds. The minimum Gasteiger partial charge on any atom is -0.375 e. The van der Waals surface area contributed by atoms with Gasteiger partial charge in [-0.25, -0.2) is 8.42 Å². The van der Waals surface area contributed by atoms with Crippen LogP contribution in [0.3, 0.4) is 0 Å². The Hall–Kier alpha value is -1.69. The number of rotatable bonds is 4. The number of amides is 1. The summed E-state index contributed by atoms with van der Waals surface area (Å²) in [6.07, 6.45) is -3.24. The molecule has 3 aliphatic rings. The number of carbonyl (C=O) groups is 1. The second-order valence-electron chi connectivity index (χ2n) is 6.71. The van der Waals surface area contributed by atoms with Gasteiger partial charge in [0.25, 0.3) is 15.9 Å². The number of sulfonamides is 1. The molecule has 2 bridgehead atoms. The average molecular weight is 394 g/mol. The average Bonchev–Trinajstić information content (AvgIpc) is 2.60. The predicted molar refractivity (Wildman–Crippen MR) is 83.1 cm³/mol. The second-order valence-corrected chi connectivity index (χ2v) is 8.39. The SMILES string of the molecule is O=C(NNS(=O)(=O)c1ccc(C(F)(F)F)cc1)[C@@]1(O)C[NH+]2CCC1CC2. The molecule has 4 rings (SSSR count). The maximum absolute atomic E-state index is 12.5. The minimum absolute atomic E-state index is 0.200. The molecule has 0 radical (unpaired) electrons. The third kappa shape index (κ3) is 3.56. The molecule has 3 heterocycles. The Kier molecular flexibility index (Phi) is 4.76. The molecular formula is C15H19F3N3O4S+. The van der Waals surface area contributed by atoms with E-state index in [2.05, 4.69) is 0 Å². The highest BCUT2D eigenvalue weighted by atomic mass is 32.2. The summed E-state index contributed by atoms with van der Waals surface area (Å²) in [7, 11) is -4.26. The number of nitrogens with one attached hydrogen (secondary N) is 3. The zero-order valence-corrected chi connectivity index (χ0v) is 14.5. The van der Waals surface area contributed by atoms with Crippen LogP contribution in [-0.4, -0.2) is 44.7 Å². The van der Waals surface area contributed by atoms with Gasteiger partial charge in [-0.2, -0.15) is 13.2 Å². The topological polar surface area (TPSA) is 99.9 Å². The summed E-state index contributed by atoms with van der Waals surface area (Å²) in [5.41, 5.74) is -0.641. The molecule has 0 aromatic heterocycles. The molecule has 11 heteroatoms. The first-order chi connectivity index (χ1) is 12.0. The summed E-state index contributed by atoms with van der Waals surface area (Å²) < 4.78 is 61.9. The van der Waals surface area contributed by atoms with E-state index < -0.39 is 38.2 Å². The van der Waals surface area contributed by atoms with Crippen molar-refractivity contribution in [1.82, 2.24) is 10.3 Å². The summed E-state index contributed by atoms with van der Waals surface area (Å²) in [6, 6.07) is 2.87. The van der Waals surface area contributed by atoms with Crippen LogP contribution >= 0.6 is 0 Å². The van der Waals surface area contributed by atoms with Gasteiger partial charge in [0.05, 0.1) is 23.5 Å². The lowest BCUT2D eigenvalue weighted by atomic mass is 9.75. The molecular weight excluding hydrogens is 375 g/mol. The number of hydrogen-bond donors (Lipinski definition) is 4. The highest BCUT2D eigenvalue weighted by Crippen LogP contribution is 2.30. The normalized spacial score (nSPS) is 28.8. The van der Waals surface area contributed by atoms with Gasteiger partial charge in [-0.3, -0.25) is 10.2 Å². The molecule has 1 aromatic carbocycles. The van der Waals surface area contributed by atoms with Gasteiger partial charge in [-0.05, 0) is 24.3 Å². The third-order valence-corrected chi connectivity index (χ3v) is 6.34. The van der Waals surface area contributed by atoms with Gasteiger partial charge in [-0.1, -0.05) is 0 Å². The van der Waals surface area contributed by atoms with E-state index >= 15 is 0 Å². The smallest absolute Gasteiger partial charge is 0.375 e. The van der Waals surface area contributed by atoms with Gasteiger partial charge in [0.1, 0.15) is 6.54 Å². The molecule has 0 unspecified atom stereocenters. The van der Waals surface area contributed by atoms with Crippen molar-refractivity contribution in [2.45, 2.75) is 29.5 Å². The van der Waals surface area contributed by atoms with Crippen molar-refractivity contribution in [2.24, 2.45) is 5.92 Å². The highest BCUT2D eigenvalue weighted by Gasteiger charge is 2.53. The van der Waals surface area contributed by atoms with Crippen LogP contribution in [0.4, 0.5) is 13.2 Å². The molecule has 7 nitrogen and oxygen atoms in total. The van der Waals surface area contributed by atoms with Crippen molar-refractivity contribution < 1.29 is 36.4 Å². The first-order valence-corrected chi connectivity index (χ1v) is 9.56. The molecule has 26 heavy (non-hydrogen) atoms. The lowest BCUT2D eigenvalue weighted by molar-refractivity contribution is -0.923. The fourth-order valence-corrected chi connectivity index (χ4v) is 4.41. The summed E-state index contributed by atoms with van der Waals surface area (Å²) in [6.45, 7) is 1.92. The number of hydrazine groups is 1. The van der Waals surface area contributed by atoms with Crippen molar-refractivity contribution in [3.8, 4) is 0 Å². The monoisotopic (exact) mass is 394 g/mol.